The van der Waals surface area contributed by atoms with Gasteiger partial charge < -0.3 is 9.80 Å². The van der Waals surface area contributed by atoms with Crippen molar-refractivity contribution in [2.24, 2.45) is 0 Å². The minimum atomic E-state index is 0. The molecule has 0 spiro atoms. The van der Waals surface area contributed by atoms with Gasteiger partial charge in [0.05, 0.1) is 13.3 Å². The minimum Gasteiger partial charge on any atom is -0.330 e. The van der Waals surface area contributed by atoms with Crippen LogP contribution in [0.1, 0.15) is 25.7 Å². The van der Waals surface area contributed by atoms with Gasteiger partial charge in [0.25, 0.3) is 0 Å². The van der Waals surface area contributed by atoms with E-state index in [1.165, 1.54) is 0 Å². The Labute approximate surface area is 144 Å². The molecule has 2 amide bonds. The van der Waals surface area contributed by atoms with Crippen molar-refractivity contribution in [2.75, 3.05) is 52.6 Å². The molecule has 128 valence electrons. The molecule has 0 aliphatic carbocycles. The summed E-state index contributed by atoms with van der Waals surface area (Å²) in [6.07, 6.45) is 3.46. The van der Waals surface area contributed by atoms with Crippen LogP contribution in [0.4, 0.5) is 0 Å². The van der Waals surface area contributed by atoms with E-state index in [1.807, 2.05) is 9.80 Å². The Morgan fingerprint density at radius 2 is 1.00 bits per heavy atom. The monoisotopic (exact) mass is 352 g/mol. The molecule has 3 heterocycles. The van der Waals surface area contributed by atoms with E-state index < -0.39 is 0 Å². The summed E-state index contributed by atoms with van der Waals surface area (Å²) in [6, 6.07) is 0. The number of rotatable bonds is 4. The molecule has 22 heavy (non-hydrogen) atoms. The molecule has 3 fully saturated rings. The van der Waals surface area contributed by atoms with Gasteiger partial charge in [0.2, 0.25) is 11.8 Å². The number of amides is 2. The third-order valence-electron chi connectivity index (χ3n) is 4.55. The first kappa shape index (κ1) is 19.5. The fourth-order valence-electron chi connectivity index (χ4n) is 3.26. The number of piperazine rings is 1. The van der Waals surface area contributed by atoms with Crippen LogP contribution in [0.15, 0.2) is 0 Å². The lowest BCUT2D eigenvalue weighted by molar-refractivity contribution is -0.132. The van der Waals surface area contributed by atoms with Crippen LogP contribution in [-0.2, 0) is 9.59 Å². The SMILES string of the molecule is Cl.Cl.O=C1CCCN1CN1CCN(CN2CCCC2=O)CC1. The van der Waals surface area contributed by atoms with Crippen LogP contribution in [0.3, 0.4) is 0 Å². The quantitative estimate of drug-likeness (QED) is 0.743. The fourth-order valence-corrected chi connectivity index (χ4v) is 3.26. The van der Waals surface area contributed by atoms with E-state index in [9.17, 15) is 9.59 Å². The highest BCUT2D eigenvalue weighted by Gasteiger charge is 2.27. The second-order valence-corrected chi connectivity index (χ2v) is 6.04. The third kappa shape index (κ3) is 4.72. The highest BCUT2D eigenvalue weighted by Crippen LogP contribution is 2.14. The number of hydrogen-bond donors (Lipinski definition) is 0. The zero-order valence-electron chi connectivity index (χ0n) is 12.9. The van der Waals surface area contributed by atoms with Crippen LogP contribution >= 0.6 is 24.8 Å². The smallest absolute Gasteiger partial charge is 0.223 e. The van der Waals surface area contributed by atoms with Gasteiger partial charge in [-0.3, -0.25) is 19.4 Å². The van der Waals surface area contributed by atoms with Gasteiger partial charge in [0.15, 0.2) is 0 Å². The lowest BCUT2D eigenvalue weighted by atomic mass is 10.3. The van der Waals surface area contributed by atoms with Crippen LogP contribution < -0.4 is 0 Å². The molecular weight excluding hydrogens is 327 g/mol. The first-order valence-electron chi connectivity index (χ1n) is 7.72. The van der Waals surface area contributed by atoms with E-state index >= 15 is 0 Å². The Morgan fingerprint density at radius 3 is 1.27 bits per heavy atom. The normalized spacial score (nSPS) is 23.6. The van der Waals surface area contributed by atoms with Gasteiger partial charge in [-0.25, -0.2) is 0 Å². The molecule has 0 bridgehead atoms. The van der Waals surface area contributed by atoms with Crippen molar-refractivity contribution in [2.45, 2.75) is 25.7 Å². The summed E-state index contributed by atoms with van der Waals surface area (Å²) in [7, 11) is 0. The predicted octanol–water partition coefficient (Wildman–Crippen LogP) is 0.607. The molecule has 0 aromatic heterocycles. The highest BCUT2D eigenvalue weighted by molar-refractivity contribution is 5.85. The van der Waals surface area contributed by atoms with E-state index in [-0.39, 0.29) is 24.8 Å². The molecule has 0 atom stereocenters. The molecule has 0 saturated carbocycles. The van der Waals surface area contributed by atoms with Crippen molar-refractivity contribution in [3.05, 3.63) is 0 Å². The maximum absolute atomic E-state index is 11.6. The van der Waals surface area contributed by atoms with Crippen molar-refractivity contribution in [1.82, 2.24) is 19.6 Å². The number of carbonyl (C=O) groups excluding carboxylic acids is 2. The first-order chi connectivity index (χ1) is 9.72. The maximum atomic E-state index is 11.6. The Bertz CT molecular complexity index is 353. The Balaban J connectivity index is 0.00000121. The molecule has 0 unspecified atom stereocenters. The van der Waals surface area contributed by atoms with Crippen LogP contribution in [-0.4, -0.2) is 84.0 Å². The van der Waals surface area contributed by atoms with E-state index in [0.29, 0.717) is 11.8 Å². The summed E-state index contributed by atoms with van der Waals surface area (Å²) in [5, 5.41) is 0. The molecule has 3 aliphatic rings. The van der Waals surface area contributed by atoms with E-state index in [1.54, 1.807) is 0 Å². The first-order valence-corrected chi connectivity index (χ1v) is 7.72. The lowest BCUT2D eigenvalue weighted by Crippen LogP contribution is -2.52. The maximum Gasteiger partial charge on any atom is 0.223 e. The molecule has 0 N–H and O–H groups in total. The van der Waals surface area contributed by atoms with Crippen molar-refractivity contribution in [1.29, 1.82) is 0 Å². The number of nitrogens with zero attached hydrogens (tertiary/aromatic N) is 4. The second-order valence-electron chi connectivity index (χ2n) is 6.04. The van der Waals surface area contributed by atoms with Crippen LogP contribution in [0.5, 0.6) is 0 Å². The summed E-state index contributed by atoms with van der Waals surface area (Å²) in [4.78, 5) is 31.9. The number of hydrogen-bond acceptors (Lipinski definition) is 4. The summed E-state index contributed by atoms with van der Waals surface area (Å²) in [6.45, 7) is 7.38. The van der Waals surface area contributed by atoms with Crippen LogP contribution in [0.2, 0.25) is 0 Å². The second kappa shape index (κ2) is 8.91. The summed E-state index contributed by atoms with van der Waals surface area (Å²) >= 11 is 0. The molecule has 8 heteroatoms. The van der Waals surface area contributed by atoms with Gasteiger partial charge in [-0.2, -0.15) is 0 Å². The molecule has 3 aliphatic heterocycles. The largest absolute Gasteiger partial charge is 0.330 e. The topological polar surface area (TPSA) is 47.1 Å². The molecule has 3 rings (SSSR count). The van der Waals surface area contributed by atoms with Gasteiger partial charge >= 0.3 is 0 Å². The average Bonchev–Trinajstić information content (AvgIpc) is 3.02. The molecule has 0 aromatic rings. The van der Waals surface area contributed by atoms with Gasteiger partial charge in [-0.05, 0) is 12.8 Å². The van der Waals surface area contributed by atoms with Gasteiger partial charge in [0.1, 0.15) is 0 Å². The van der Waals surface area contributed by atoms with Crippen molar-refractivity contribution in [3.63, 3.8) is 0 Å². The number of halogens is 2. The molecule has 0 aromatic carbocycles. The minimum absolute atomic E-state index is 0. The number of likely N-dealkylation sites (tertiary alicyclic amines) is 2. The van der Waals surface area contributed by atoms with E-state index in [0.717, 1.165) is 78.3 Å². The van der Waals surface area contributed by atoms with Gasteiger partial charge in [0, 0.05) is 52.1 Å². The lowest BCUT2D eigenvalue weighted by Gasteiger charge is -2.38. The zero-order chi connectivity index (χ0) is 13.9. The molecular formula is C14H26Cl2N4O2. The Kier molecular flexibility index (Phi) is 7.89. The third-order valence-corrected chi connectivity index (χ3v) is 4.55. The fraction of sp³-hybridized carbons (Fsp3) is 0.857. The molecule has 6 nitrogen and oxygen atoms in total. The summed E-state index contributed by atoms with van der Waals surface area (Å²) in [5.41, 5.74) is 0. The summed E-state index contributed by atoms with van der Waals surface area (Å²) in [5.74, 6) is 0.602. The average molecular weight is 353 g/mol. The van der Waals surface area contributed by atoms with E-state index in [4.69, 9.17) is 0 Å². The van der Waals surface area contributed by atoms with Crippen molar-refractivity contribution >= 4 is 36.6 Å². The van der Waals surface area contributed by atoms with Crippen LogP contribution in [0.25, 0.3) is 0 Å². The highest BCUT2D eigenvalue weighted by atomic mass is 35.5. The van der Waals surface area contributed by atoms with Gasteiger partial charge in [-0.1, -0.05) is 0 Å². The predicted molar refractivity (Wildman–Crippen MR) is 89.3 cm³/mol. The number of carbonyl (C=O) groups is 2. The zero-order valence-corrected chi connectivity index (χ0v) is 14.5. The Hall–Kier alpha value is -0.560. The Morgan fingerprint density at radius 1 is 0.636 bits per heavy atom. The van der Waals surface area contributed by atoms with Crippen molar-refractivity contribution in [3.8, 4) is 0 Å². The van der Waals surface area contributed by atoms with Crippen molar-refractivity contribution < 1.29 is 9.59 Å². The summed E-state index contributed by atoms with van der Waals surface area (Å²) < 4.78 is 0. The van der Waals surface area contributed by atoms with Crippen LogP contribution in [0, 0.1) is 0 Å². The molecule has 0 radical (unpaired) electrons. The van der Waals surface area contributed by atoms with Gasteiger partial charge in [-0.15, -0.1) is 24.8 Å². The standard InChI is InChI=1S/C14H24N4O2.2ClH/c19-13-3-1-5-17(13)11-15-7-9-16(10-8-15)12-18-6-2-4-14(18)20;;/h1-12H2;2*1H. The van der Waals surface area contributed by atoms with E-state index in [2.05, 4.69) is 9.80 Å². The molecule has 3 saturated heterocycles.